The Morgan fingerprint density at radius 1 is 0.684 bits per heavy atom. The van der Waals surface area contributed by atoms with Crippen LogP contribution in [0.4, 0.5) is 8.78 Å². The Morgan fingerprint density at radius 3 is 1.79 bits per heavy atom. The fourth-order valence-corrected chi connectivity index (χ4v) is 2.26. The van der Waals surface area contributed by atoms with Crippen LogP contribution >= 0.6 is 0 Å². The molecular formula is C17H18F2. The zero-order chi connectivity index (χ0) is 14.2. The summed E-state index contributed by atoms with van der Waals surface area (Å²) in [6.45, 7) is 7.46. The molecule has 0 spiro atoms. The molecule has 0 unspecified atom stereocenters. The first-order chi connectivity index (χ1) is 8.80. The fraction of sp³-hybridized carbons (Fsp3) is 0.294. The molecule has 0 aliphatic heterocycles. The molecule has 0 amide bonds. The molecule has 0 nitrogen and oxygen atoms in total. The second kappa shape index (κ2) is 4.76. The minimum atomic E-state index is -2.95. The van der Waals surface area contributed by atoms with Crippen LogP contribution in [0.2, 0.25) is 0 Å². The van der Waals surface area contributed by atoms with Crippen molar-refractivity contribution in [3.8, 4) is 0 Å². The second-order valence-electron chi connectivity index (χ2n) is 5.25. The average Bonchev–Trinajstić information content (AvgIpc) is 2.31. The number of rotatable bonds is 2. The van der Waals surface area contributed by atoms with Crippen LogP contribution < -0.4 is 0 Å². The molecule has 2 heteroatoms. The topological polar surface area (TPSA) is 0 Å². The van der Waals surface area contributed by atoms with E-state index in [1.54, 1.807) is 24.3 Å². The average molecular weight is 260 g/mol. The third kappa shape index (κ3) is 2.67. The summed E-state index contributed by atoms with van der Waals surface area (Å²) in [6.07, 6.45) is 0. The lowest BCUT2D eigenvalue weighted by Crippen LogP contribution is -2.16. The van der Waals surface area contributed by atoms with Crippen LogP contribution in [-0.2, 0) is 5.92 Å². The van der Waals surface area contributed by atoms with Gasteiger partial charge < -0.3 is 0 Å². The summed E-state index contributed by atoms with van der Waals surface area (Å²) in [5, 5.41) is 0. The lowest BCUT2D eigenvalue weighted by Gasteiger charge is -2.19. The monoisotopic (exact) mass is 260 g/mol. The number of aryl methyl sites for hydroxylation is 4. The number of hydrogen-bond donors (Lipinski definition) is 0. The van der Waals surface area contributed by atoms with Crippen molar-refractivity contribution in [2.24, 2.45) is 0 Å². The molecule has 19 heavy (non-hydrogen) atoms. The Hall–Kier alpha value is -1.70. The summed E-state index contributed by atoms with van der Waals surface area (Å²) in [4.78, 5) is 0. The quantitative estimate of drug-likeness (QED) is 0.708. The minimum absolute atomic E-state index is 0.0561. The van der Waals surface area contributed by atoms with E-state index in [0.717, 1.165) is 22.3 Å². The fourth-order valence-electron chi connectivity index (χ4n) is 2.26. The molecule has 0 saturated heterocycles. The second-order valence-corrected chi connectivity index (χ2v) is 5.25. The highest BCUT2D eigenvalue weighted by Crippen LogP contribution is 2.37. The summed E-state index contributed by atoms with van der Waals surface area (Å²) in [7, 11) is 0. The third-order valence-corrected chi connectivity index (χ3v) is 3.45. The molecule has 0 atom stereocenters. The van der Waals surface area contributed by atoms with E-state index in [9.17, 15) is 8.78 Å². The van der Waals surface area contributed by atoms with Crippen molar-refractivity contribution in [1.82, 2.24) is 0 Å². The van der Waals surface area contributed by atoms with Gasteiger partial charge in [0.05, 0.1) is 0 Å². The molecule has 2 aromatic rings. The molecule has 0 radical (unpaired) electrons. The first-order valence-electron chi connectivity index (χ1n) is 6.35. The molecule has 0 aliphatic carbocycles. The van der Waals surface area contributed by atoms with E-state index in [0.29, 0.717) is 0 Å². The highest BCUT2D eigenvalue weighted by molar-refractivity contribution is 5.40. The number of benzene rings is 2. The first-order valence-corrected chi connectivity index (χ1v) is 6.35. The predicted octanol–water partition coefficient (Wildman–Crippen LogP) is 5.06. The predicted molar refractivity (Wildman–Crippen MR) is 74.8 cm³/mol. The van der Waals surface area contributed by atoms with E-state index in [4.69, 9.17) is 0 Å². The molecule has 0 N–H and O–H groups in total. The zero-order valence-electron chi connectivity index (χ0n) is 11.7. The largest absolute Gasteiger partial charge is 0.298 e. The Balaban J connectivity index is 2.54. The Bertz CT molecular complexity index is 592. The van der Waals surface area contributed by atoms with Gasteiger partial charge in [0.2, 0.25) is 0 Å². The van der Waals surface area contributed by atoms with E-state index >= 15 is 0 Å². The molecule has 2 rings (SSSR count). The molecule has 100 valence electrons. The lowest BCUT2D eigenvalue weighted by molar-refractivity contribution is 0.0426. The van der Waals surface area contributed by atoms with Gasteiger partial charge in [-0.05, 0) is 57.0 Å². The summed E-state index contributed by atoms with van der Waals surface area (Å²) in [5.74, 6) is -2.95. The summed E-state index contributed by atoms with van der Waals surface area (Å²) < 4.78 is 29.1. The van der Waals surface area contributed by atoms with Crippen LogP contribution in [0.5, 0.6) is 0 Å². The van der Waals surface area contributed by atoms with Crippen LogP contribution in [0, 0.1) is 27.7 Å². The molecular weight excluding hydrogens is 242 g/mol. The van der Waals surface area contributed by atoms with E-state index in [1.165, 1.54) is 6.07 Å². The molecule has 0 fully saturated rings. The van der Waals surface area contributed by atoms with Crippen molar-refractivity contribution in [2.75, 3.05) is 0 Å². The van der Waals surface area contributed by atoms with Crippen molar-refractivity contribution in [2.45, 2.75) is 33.6 Å². The Labute approximate surface area is 113 Å². The van der Waals surface area contributed by atoms with E-state index in [1.807, 2.05) is 33.8 Å². The van der Waals surface area contributed by atoms with Gasteiger partial charge in [0.1, 0.15) is 0 Å². The molecule has 0 saturated carbocycles. The van der Waals surface area contributed by atoms with E-state index in [2.05, 4.69) is 0 Å². The molecule has 0 heterocycles. The van der Waals surface area contributed by atoms with E-state index in [-0.39, 0.29) is 11.1 Å². The van der Waals surface area contributed by atoms with Crippen molar-refractivity contribution in [3.05, 3.63) is 69.8 Å². The maximum absolute atomic E-state index is 14.6. The van der Waals surface area contributed by atoms with Crippen LogP contribution in [0.25, 0.3) is 0 Å². The number of hydrogen-bond acceptors (Lipinski definition) is 0. The lowest BCUT2D eigenvalue weighted by atomic mass is 9.95. The maximum Gasteiger partial charge on any atom is 0.298 e. The van der Waals surface area contributed by atoms with Crippen molar-refractivity contribution >= 4 is 0 Å². The van der Waals surface area contributed by atoms with Crippen molar-refractivity contribution in [3.63, 3.8) is 0 Å². The molecule has 0 aliphatic rings. The zero-order valence-corrected chi connectivity index (χ0v) is 11.7. The number of alkyl halides is 2. The maximum atomic E-state index is 14.6. The van der Waals surface area contributed by atoms with Gasteiger partial charge in [0, 0.05) is 11.1 Å². The van der Waals surface area contributed by atoms with Gasteiger partial charge in [0.15, 0.2) is 0 Å². The van der Waals surface area contributed by atoms with E-state index < -0.39 is 5.92 Å². The van der Waals surface area contributed by atoms with Gasteiger partial charge in [-0.3, -0.25) is 0 Å². The highest BCUT2D eigenvalue weighted by atomic mass is 19.3. The van der Waals surface area contributed by atoms with Crippen LogP contribution in [0.15, 0.2) is 36.4 Å². The first kappa shape index (κ1) is 13.7. The summed E-state index contributed by atoms with van der Waals surface area (Å²) >= 11 is 0. The van der Waals surface area contributed by atoms with Crippen LogP contribution in [-0.4, -0.2) is 0 Å². The van der Waals surface area contributed by atoms with Crippen LogP contribution in [0.1, 0.15) is 33.4 Å². The van der Waals surface area contributed by atoms with Gasteiger partial charge in [-0.25, -0.2) is 0 Å². The standard InChI is InChI=1S/C17H18F2/c1-11-7-12(2)9-16(8-11)17(18,19)15-6-5-13(3)14(4)10-15/h5-10H,1-4H3. The Kier molecular flexibility index (Phi) is 3.44. The van der Waals surface area contributed by atoms with Crippen LogP contribution in [0.3, 0.4) is 0 Å². The normalized spacial score (nSPS) is 11.7. The Morgan fingerprint density at radius 2 is 1.26 bits per heavy atom. The molecule has 0 bridgehead atoms. The molecule has 0 aromatic heterocycles. The van der Waals surface area contributed by atoms with Crippen molar-refractivity contribution < 1.29 is 8.78 Å². The summed E-state index contributed by atoms with van der Waals surface area (Å²) in [5.41, 5.74) is 3.76. The highest BCUT2D eigenvalue weighted by Gasteiger charge is 2.34. The number of halogens is 2. The van der Waals surface area contributed by atoms with Gasteiger partial charge in [-0.15, -0.1) is 0 Å². The van der Waals surface area contributed by atoms with Gasteiger partial charge >= 0.3 is 0 Å². The van der Waals surface area contributed by atoms with Gasteiger partial charge in [-0.2, -0.15) is 8.78 Å². The SMILES string of the molecule is Cc1cc(C)cc(C(F)(F)c2ccc(C)c(C)c2)c1. The smallest absolute Gasteiger partial charge is 0.196 e. The van der Waals surface area contributed by atoms with Gasteiger partial charge in [-0.1, -0.05) is 29.3 Å². The van der Waals surface area contributed by atoms with Crippen molar-refractivity contribution in [1.29, 1.82) is 0 Å². The minimum Gasteiger partial charge on any atom is -0.196 e. The third-order valence-electron chi connectivity index (χ3n) is 3.45. The molecule has 2 aromatic carbocycles. The summed E-state index contributed by atoms with van der Waals surface area (Å²) in [6, 6.07) is 9.86. The van der Waals surface area contributed by atoms with Gasteiger partial charge in [0.25, 0.3) is 5.92 Å².